The molecule has 3 fully saturated rings. The average Bonchev–Trinajstić information content (AvgIpc) is 3.32. The zero-order chi connectivity index (χ0) is 21.7. The predicted octanol–water partition coefficient (Wildman–Crippen LogP) is 2.35. The van der Waals surface area contributed by atoms with Gasteiger partial charge >= 0.3 is 0 Å². The Bertz CT molecular complexity index is 1060. The standard InChI is InChI=1S/C23H30N6O3/c1-2-29-21-18(13-25-29)20(26-16-5-7-31-8-6-16)17(12-24-21)19-11-23(32-28-19)9-14(10-23)22(30)27-15-3-4-15/h11-16,28H,2-10H2,1H3,(H,24,26)(H,27,30). The van der Waals surface area contributed by atoms with Gasteiger partial charge in [-0.3, -0.25) is 15.1 Å². The molecular weight excluding hydrogens is 408 g/mol. The summed E-state index contributed by atoms with van der Waals surface area (Å²) in [5.41, 5.74) is 6.50. The number of carbonyl (C=O) groups is 1. The molecule has 9 heteroatoms. The number of ether oxygens (including phenoxy) is 1. The number of aryl methyl sites for hydroxylation is 1. The maximum absolute atomic E-state index is 12.4. The van der Waals surface area contributed by atoms with Crippen LogP contribution in [0.3, 0.4) is 0 Å². The molecule has 0 unspecified atom stereocenters. The minimum Gasteiger partial charge on any atom is -0.381 e. The van der Waals surface area contributed by atoms with Crippen LogP contribution in [-0.4, -0.2) is 51.6 Å². The van der Waals surface area contributed by atoms with Gasteiger partial charge in [0.15, 0.2) is 5.65 Å². The Kier molecular flexibility index (Phi) is 4.83. The lowest BCUT2D eigenvalue weighted by molar-refractivity contribution is -0.147. The summed E-state index contributed by atoms with van der Waals surface area (Å²) in [6, 6.07) is 0.739. The van der Waals surface area contributed by atoms with E-state index < -0.39 is 5.60 Å². The number of hydroxylamine groups is 1. The van der Waals surface area contributed by atoms with Crippen molar-refractivity contribution in [1.29, 1.82) is 0 Å². The highest BCUT2D eigenvalue weighted by Gasteiger charge is 2.51. The van der Waals surface area contributed by atoms with Crippen LogP contribution >= 0.6 is 0 Å². The Balaban J connectivity index is 1.28. The van der Waals surface area contributed by atoms with E-state index in [1.165, 1.54) is 0 Å². The van der Waals surface area contributed by atoms with Gasteiger partial charge in [-0.1, -0.05) is 0 Å². The molecular formula is C23H30N6O3. The highest BCUT2D eigenvalue weighted by atomic mass is 16.7. The van der Waals surface area contributed by atoms with Gasteiger partial charge in [-0.2, -0.15) is 5.10 Å². The van der Waals surface area contributed by atoms with Gasteiger partial charge in [0.1, 0.15) is 5.60 Å². The largest absolute Gasteiger partial charge is 0.381 e. The van der Waals surface area contributed by atoms with Gasteiger partial charge in [0, 0.05) is 49.5 Å². The number of rotatable bonds is 6. The first-order chi connectivity index (χ1) is 15.6. The van der Waals surface area contributed by atoms with Gasteiger partial charge in [0.05, 0.1) is 23.0 Å². The van der Waals surface area contributed by atoms with Crippen molar-refractivity contribution in [3.05, 3.63) is 24.0 Å². The summed E-state index contributed by atoms with van der Waals surface area (Å²) in [4.78, 5) is 23.1. The Morgan fingerprint density at radius 1 is 1.22 bits per heavy atom. The quantitative estimate of drug-likeness (QED) is 0.636. The summed E-state index contributed by atoms with van der Waals surface area (Å²) in [6.07, 6.45) is 11.5. The third kappa shape index (κ3) is 3.53. The third-order valence-electron chi connectivity index (χ3n) is 7.08. The third-order valence-corrected chi connectivity index (χ3v) is 7.08. The number of nitrogens with zero attached hydrogens (tertiary/aromatic N) is 3. The van der Waals surface area contributed by atoms with E-state index in [1.54, 1.807) is 0 Å². The Morgan fingerprint density at radius 2 is 2.03 bits per heavy atom. The lowest BCUT2D eigenvalue weighted by Gasteiger charge is -2.40. The van der Waals surface area contributed by atoms with Crippen LogP contribution in [0, 0.1) is 5.92 Å². The highest BCUT2D eigenvalue weighted by Crippen LogP contribution is 2.47. The van der Waals surface area contributed by atoms with E-state index in [9.17, 15) is 4.79 Å². The first-order valence-electron chi connectivity index (χ1n) is 11.8. The Labute approximate surface area is 186 Å². The van der Waals surface area contributed by atoms with E-state index in [-0.39, 0.29) is 11.8 Å². The van der Waals surface area contributed by atoms with Crippen LogP contribution in [-0.2, 0) is 20.9 Å². The van der Waals surface area contributed by atoms with Crippen LogP contribution in [0.4, 0.5) is 5.69 Å². The molecule has 1 spiro atoms. The van der Waals surface area contributed by atoms with Crippen molar-refractivity contribution in [1.82, 2.24) is 25.6 Å². The van der Waals surface area contributed by atoms with Gasteiger partial charge in [-0.25, -0.2) is 9.67 Å². The number of anilines is 1. The number of pyridine rings is 1. The molecule has 4 heterocycles. The molecule has 2 saturated carbocycles. The normalized spacial score (nSPS) is 27.8. The molecule has 32 heavy (non-hydrogen) atoms. The van der Waals surface area contributed by atoms with E-state index in [0.29, 0.717) is 24.9 Å². The van der Waals surface area contributed by atoms with Crippen LogP contribution in [0.15, 0.2) is 18.5 Å². The molecule has 0 bridgehead atoms. The van der Waals surface area contributed by atoms with Gasteiger partial charge < -0.3 is 15.4 Å². The number of hydrogen-bond acceptors (Lipinski definition) is 7. The molecule has 1 amide bonds. The molecule has 1 saturated heterocycles. The molecule has 0 radical (unpaired) electrons. The van der Waals surface area contributed by atoms with Crippen LogP contribution in [0.2, 0.25) is 0 Å². The molecule has 0 atom stereocenters. The van der Waals surface area contributed by atoms with Crippen molar-refractivity contribution in [3.8, 4) is 0 Å². The van der Waals surface area contributed by atoms with E-state index in [2.05, 4.69) is 34.2 Å². The van der Waals surface area contributed by atoms with Gasteiger partial charge in [0.2, 0.25) is 5.91 Å². The summed E-state index contributed by atoms with van der Waals surface area (Å²) in [5.74, 6) is 0.191. The second-order valence-electron chi connectivity index (χ2n) is 9.49. The molecule has 4 aliphatic rings. The topological polar surface area (TPSA) is 102 Å². The summed E-state index contributed by atoms with van der Waals surface area (Å²) in [5, 5.41) is 12.4. The van der Waals surface area contributed by atoms with Gasteiger partial charge in [-0.05, 0) is 51.5 Å². The number of fused-ring (bicyclic) bond motifs is 1. The first kappa shape index (κ1) is 20.0. The molecule has 3 N–H and O–H groups in total. The van der Waals surface area contributed by atoms with Gasteiger partial charge in [-0.15, -0.1) is 0 Å². The predicted molar refractivity (Wildman–Crippen MR) is 119 cm³/mol. The fraction of sp³-hybridized carbons (Fsp3) is 0.609. The van der Waals surface area contributed by atoms with Crippen molar-refractivity contribution in [3.63, 3.8) is 0 Å². The van der Waals surface area contributed by atoms with E-state index >= 15 is 0 Å². The molecule has 2 aliphatic carbocycles. The summed E-state index contributed by atoms with van der Waals surface area (Å²) in [7, 11) is 0. The first-order valence-corrected chi connectivity index (χ1v) is 11.8. The Hall–Kier alpha value is -2.65. The zero-order valence-electron chi connectivity index (χ0n) is 18.4. The maximum Gasteiger partial charge on any atom is 0.223 e. The summed E-state index contributed by atoms with van der Waals surface area (Å²) < 4.78 is 7.45. The van der Waals surface area contributed by atoms with Crippen LogP contribution < -0.4 is 16.1 Å². The fourth-order valence-corrected chi connectivity index (χ4v) is 4.98. The zero-order valence-corrected chi connectivity index (χ0v) is 18.4. The van der Waals surface area contributed by atoms with Crippen molar-refractivity contribution >= 4 is 28.3 Å². The van der Waals surface area contributed by atoms with Crippen molar-refractivity contribution in [2.24, 2.45) is 5.92 Å². The second kappa shape index (κ2) is 7.74. The SMILES string of the molecule is CCn1ncc2c(NC3CCOCC3)c(C3=CC4(CC(C(=O)NC5CC5)C4)ON3)cnc21. The van der Waals surface area contributed by atoms with Crippen LogP contribution in [0.1, 0.15) is 51.0 Å². The van der Waals surface area contributed by atoms with Crippen molar-refractivity contribution in [2.75, 3.05) is 18.5 Å². The van der Waals surface area contributed by atoms with Gasteiger partial charge in [0.25, 0.3) is 0 Å². The number of amides is 1. The molecule has 2 aromatic heterocycles. The molecule has 2 aromatic rings. The van der Waals surface area contributed by atoms with E-state index in [1.807, 2.05) is 17.1 Å². The minimum absolute atomic E-state index is 0.0243. The number of nitrogens with one attached hydrogen (secondary N) is 3. The number of aromatic nitrogens is 3. The number of hydrogen-bond donors (Lipinski definition) is 3. The highest BCUT2D eigenvalue weighted by molar-refractivity contribution is 5.96. The lowest BCUT2D eigenvalue weighted by atomic mass is 9.70. The molecule has 170 valence electrons. The van der Waals surface area contributed by atoms with Crippen LogP contribution in [0.25, 0.3) is 16.7 Å². The van der Waals surface area contributed by atoms with E-state index in [0.717, 1.165) is 73.4 Å². The van der Waals surface area contributed by atoms with Crippen molar-refractivity contribution in [2.45, 2.75) is 69.7 Å². The Morgan fingerprint density at radius 3 is 2.78 bits per heavy atom. The molecule has 6 rings (SSSR count). The minimum atomic E-state index is -0.417. The second-order valence-corrected chi connectivity index (χ2v) is 9.49. The summed E-state index contributed by atoms with van der Waals surface area (Å²) in [6.45, 7) is 4.38. The molecule has 9 nitrogen and oxygen atoms in total. The monoisotopic (exact) mass is 438 g/mol. The smallest absolute Gasteiger partial charge is 0.223 e. The molecule has 0 aromatic carbocycles. The lowest BCUT2D eigenvalue weighted by Crippen LogP contribution is -2.50. The average molecular weight is 439 g/mol. The van der Waals surface area contributed by atoms with Crippen LogP contribution in [0.5, 0.6) is 0 Å². The van der Waals surface area contributed by atoms with E-state index in [4.69, 9.17) is 14.6 Å². The maximum atomic E-state index is 12.4. The fourth-order valence-electron chi connectivity index (χ4n) is 4.98. The summed E-state index contributed by atoms with van der Waals surface area (Å²) >= 11 is 0. The molecule has 2 aliphatic heterocycles. The number of carbonyl (C=O) groups excluding carboxylic acids is 1. The van der Waals surface area contributed by atoms with Crippen molar-refractivity contribution < 1.29 is 14.4 Å².